The summed E-state index contributed by atoms with van der Waals surface area (Å²) in [5, 5.41) is 2.71. The van der Waals surface area contributed by atoms with Crippen molar-refractivity contribution in [1.82, 2.24) is 4.90 Å². The van der Waals surface area contributed by atoms with Gasteiger partial charge in [-0.1, -0.05) is 24.6 Å². The number of halogens is 1. The van der Waals surface area contributed by atoms with Crippen LogP contribution in [0.15, 0.2) is 30.3 Å². The molecule has 1 fully saturated rings. The van der Waals surface area contributed by atoms with Crippen molar-refractivity contribution in [2.75, 3.05) is 25.0 Å². The van der Waals surface area contributed by atoms with Gasteiger partial charge >= 0.3 is 6.09 Å². The van der Waals surface area contributed by atoms with Gasteiger partial charge in [0.1, 0.15) is 0 Å². The first-order valence-electron chi connectivity index (χ1n) is 7.48. The Morgan fingerprint density at radius 3 is 2.81 bits per heavy atom. The highest BCUT2D eigenvalue weighted by atomic mass is 35.5. The van der Waals surface area contributed by atoms with E-state index < -0.39 is 0 Å². The second-order valence-corrected chi connectivity index (χ2v) is 5.36. The van der Waals surface area contributed by atoms with Crippen molar-refractivity contribution in [2.24, 2.45) is 0 Å². The Kier molecular flexibility index (Phi) is 8.16. The lowest BCUT2D eigenvalue weighted by Crippen LogP contribution is -2.38. The van der Waals surface area contributed by atoms with E-state index in [2.05, 4.69) is 17.1 Å². The molecule has 1 N–H and O–H groups in total. The molecule has 4 nitrogen and oxygen atoms in total. The highest BCUT2D eigenvalue weighted by Gasteiger charge is 2.17. The molecule has 21 heavy (non-hydrogen) atoms. The molecule has 1 aliphatic rings. The first-order chi connectivity index (χ1) is 9.75. The lowest BCUT2D eigenvalue weighted by atomic mass is 10.0. The number of likely N-dealkylation sites (tertiary alicyclic amines) is 1. The Labute approximate surface area is 133 Å². The molecule has 2 rings (SSSR count). The van der Waals surface area contributed by atoms with Crippen molar-refractivity contribution in [3.63, 3.8) is 0 Å². The molecule has 1 aromatic rings. The average molecular weight is 313 g/mol. The van der Waals surface area contributed by atoms with Gasteiger partial charge in [0.05, 0.1) is 6.61 Å². The van der Waals surface area contributed by atoms with E-state index in [9.17, 15) is 4.79 Å². The number of anilines is 1. The first kappa shape index (κ1) is 17.8. The topological polar surface area (TPSA) is 41.6 Å². The number of nitrogens with zero attached hydrogens (tertiary/aromatic N) is 1. The fraction of sp³-hybridized carbons (Fsp3) is 0.562. The molecule has 1 amide bonds. The summed E-state index contributed by atoms with van der Waals surface area (Å²) in [7, 11) is 0. The summed E-state index contributed by atoms with van der Waals surface area (Å²) in [6, 6.07) is 10.0. The lowest BCUT2D eigenvalue weighted by Gasteiger charge is -2.33. The minimum atomic E-state index is -0.372. The molecule has 1 heterocycles. The van der Waals surface area contributed by atoms with E-state index in [0.29, 0.717) is 12.6 Å². The van der Waals surface area contributed by atoms with Gasteiger partial charge in [-0.3, -0.25) is 5.32 Å². The third kappa shape index (κ3) is 6.36. The third-order valence-corrected chi connectivity index (χ3v) is 3.78. The van der Waals surface area contributed by atoms with Crippen LogP contribution < -0.4 is 5.32 Å². The summed E-state index contributed by atoms with van der Waals surface area (Å²) in [6.07, 6.45) is 4.44. The van der Waals surface area contributed by atoms with Crippen LogP contribution in [0.2, 0.25) is 0 Å². The number of amides is 1. The molecule has 0 spiro atoms. The van der Waals surface area contributed by atoms with E-state index in [1.165, 1.54) is 25.8 Å². The molecule has 1 atom stereocenters. The minimum absolute atomic E-state index is 0. The molecule has 118 valence electrons. The van der Waals surface area contributed by atoms with E-state index in [-0.39, 0.29) is 18.5 Å². The smallest absolute Gasteiger partial charge is 0.411 e. The van der Waals surface area contributed by atoms with E-state index in [0.717, 1.165) is 18.7 Å². The largest absolute Gasteiger partial charge is 0.449 e. The van der Waals surface area contributed by atoms with Crippen LogP contribution in [-0.2, 0) is 4.74 Å². The Hall–Kier alpha value is -1.26. The molecule has 0 aliphatic carbocycles. The molecule has 0 radical (unpaired) electrons. The fourth-order valence-corrected chi connectivity index (χ4v) is 2.60. The molecule has 1 unspecified atom stereocenters. The van der Waals surface area contributed by atoms with Gasteiger partial charge in [-0.25, -0.2) is 4.79 Å². The summed E-state index contributed by atoms with van der Waals surface area (Å²) < 4.78 is 5.20. The predicted octanol–water partition coefficient (Wildman–Crippen LogP) is 3.92. The summed E-state index contributed by atoms with van der Waals surface area (Å²) in [5.74, 6) is 0. The Morgan fingerprint density at radius 1 is 1.33 bits per heavy atom. The minimum Gasteiger partial charge on any atom is -0.449 e. The van der Waals surface area contributed by atoms with Crippen molar-refractivity contribution in [2.45, 2.75) is 38.6 Å². The number of carbonyl (C=O) groups is 1. The molecule has 1 saturated heterocycles. The second-order valence-electron chi connectivity index (χ2n) is 5.36. The molecule has 1 aromatic carbocycles. The average Bonchev–Trinajstić information content (AvgIpc) is 2.46. The van der Waals surface area contributed by atoms with Crippen LogP contribution in [-0.4, -0.2) is 36.7 Å². The first-order valence-corrected chi connectivity index (χ1v) is 7.48. The maximum absolute atomic E-state index is 11.6. The number of nitrogens with one attached hydrogen (secondary N) is 1. The van der Waals surface area contributed by atoms with E-state index in [1.807, 2.05) is 30.3 Å². The quantitative estimate of drug-likeness (QED) is 0.838. The van der Waals surface area contributed by atoms with Gasteiger partial charge in [0.25, 0.3) is 0 Å². The summed E-state index contributed by atoms with van der Waals surface area (Å²) in [4.78, 5) is 14.1. The van der Waals surface area contributed by atoms with Crippen molar-refractivity contribution in [1.29, 1.82) is 0 Å². The van der Waals surface area contributed by atoms with Crippen molar-refractivity contribution in [3.8, 4) is 0 Å². The van der Waals surface area contributed by atoms with Gasteiger partial charge in [-0.15, -0.1) is 12.4 Å². The van der Waals surface area contributed by atoms with Crippen LogP contribution in [0.25, 0.3) is 0 Å². The number of ether oxygens (including phenoxy) is 1. The number of carbonyl (C=O) groups excluding carboxylic acids is 1. The highest BCUT2D eigenvalue weighted by molar-refractivity contribution is 5.85. The number of piperidine rings is 1. The molecule has 0 aromatic heterocycles. The predicted molar refractivity (Wildman–Crippen MR) is 88.2 cm³/mol. The van der Waals surface area contributed by atoms with Crippen LogP contribution in [0.3, 0.4) is 0 Å². The van der Waals surface area contributed by atoms with Gasteiger partial charge in [-0.2, -0.15) is 0 Å². The number of hydrogen-bond acceptors (Lipinski definition) is 3. The molecular formula is C16H25ClN2O2. The van der Waals surface area contributed by atoms with E-state index >= 15 is 0 Å². The normalized spacial score (nSPS) is 18.6. The highest BCUT2D eigenvalue weighted by Crippen LogP contribution is 2.16. The maximum atomic E-state index is 11.6. The lowest BCUT2D eigenvalue weighted by molar-refractivity contribution is 0.129. The van der Waals surface area contributed by atoms with Gasteiger partial charge in [0.15, 0.2) is 0 Å². The van der Waals surface area contributed by atoms with E-state index in [1.54, 1.807) is 0 Å². The van der Waals surface area contributed by atoms with Crippen LogP contribution >= 0.6 is 12.4 Å². The Balaban J connectivity index is 0.00000220. The zero-order valence-corrected chi connectivity index (χ0v) is 13.4. The third-order valence-electron chi connectivity index (χ3n) is 3.78. The second kappa shape index (κ2) is 9.64. The van der Waals surface area contributed by atoms with Crippen LogP contribution in [0, 0.1) is 0 Å². The van der Waals surface area contributed by atoms with Crippen LogP contribution in [0.5, 0.6) is 0 Å². The van der Waals surface area contributed by atoms with Crippen LogP contribution in [0.1, 0.15) is 32.6 Å². The zero-order valence-electron chi connectivity index (χ0n) is 12.6. The van der Waals surface area contributed by atoms with Gasteiger partial charge in [0, 0.05) is 18.3 Å². The monoisotopic (exact) mass is 312 g/mol. The van der Waals surface area contributed by atoms with Crippen molar-refractivity contribution >= 4 is 24.2 Å². The summed E-state index contributed by atoms with van der Waals surface area (Å²) >= 11 is 0. The molecule has 0 saturated carbocycles. The van der Waals surface area contributed by atoms with Gasteiger partial charge in [0.2, 0.25) is 0 Å². The Morgan fingerprint density at radius 2 is 2.10 bits per heavy atom. The number of para-hydroxylation sites is 1. The van der Waals surface area contributed by atoms with Crippen LogP contribution in [0.4, 0.5) is 10.5 Å². The van der Waals surface area contributed by atoms with Crippen molar-refractivity contribution in [3.05, 3.63) is 30.3 Å². The SMILES string of the molecule is CC1CCCCN1CCCOC(=O)Nc1ccccc1.Cl. The number of benzene rings is 1. The fourth-order valence-electron chi connectivity index (χ4n) is 2.60. The Bertz CT molecular complexity index is 414. The van der Waals surface area contributed by atoms with Crippen molar-refractivity contribution < 1.29 is 9.53 Å². The molecule has 0 bridgehead atoms. The molecular weight excluding hydrogens is 288 g/mol. The zero-order chi connectivity index (χ0) is 14.2. The number of hydrogen-bond donors (Lipinski definition) is 1. The maximum Gasteiger partial charge on any atom is 0.411 e. The molecule has 5 heteroatoms. The standard InChI is InChI=1S/C16H24N2O2.ClH/c1-14-8-5-6-11-18(14)12-7-13-20-16(19)17-15-9-3-2-4-10-15;/h2-4,9-10,14H,5-8,11-13H2,1H3,(H,17,19);1H. The summed E-state index contributed by atoms with van der Waals surface area (Å²) in [5.41, 5.74) is 0.766. The van der Waals surface area contributed by atoms with Gasteiger partial charge < -0.3 is 9.64 Å². The molecule has 1 aliphatic heterocycles. The number of rotatable bonds is 5. The van der Waals surface area contributed by atoms with E-state index in [4.69, 9.17) is 4.74 Å². The summed E-state index contributed by atoms with van der Waals surface area (Å²) in [6.45, 7) is 4.95. The van der Waals surface area contributed by atoms with Gasteiger partial charge in [-0.05, 0) is 44.9 Å².